The van der Waals surface area contributed by atoms with Gasteiger partial charge in [0, 0.05) is 5.41 Å². The van der Waals surface area contributed by atoms with Crippen LogP contribution in [0.15, 0.2) is 170 Å². The van der Waals surface area contributed by atoms with Crippen LogP contribution in [0.4, 0.5) is 0 Å². The average Bonchev–Trinajstić information content (AvgIpc) is 3.41. The first-order valence-corrected chi connectivity index (χ1v) is 17.8. The summed E-state index contributed by atoms with van der Waals surface area (Å²) in [4.78, 5) is 0. The van der Waals surface area contributed by atoms with Gasteiger partial charge >= 0.3 is 0 Å². The lowest BCUT2D eigenvalue weighted by Gasteiger charge is -2.23. The van der Waals surface area contributed by atoms with Crippen LogP contribution in [0.1, 0.15) is 47.2 Å². The second kappa shape index (κ2) is 12.6. The number of rotatable bonds is 6. The lowest BCUT2D eigenvalue weighted by atomic mass is 9.80. The van der Waals surface area contributed by atoms with Gasteiger partial charge in [-0.1, -0.05) is 172 Å². The van der Waals surface area contributed by atoms with E-state index in [2.05, 4.69) is 208 Å². The van der Waals surface area contributed by atoms with Crippen molar-refractivity contribution in [3.8, 4) is 33.4 Å². The monoisotopic (exact) mass is 650 g/mol. The van der Waals surface area contributed by atoms with Gasteiger partial charge in [0.1, 0.15) is 0 Å². The number of hydrogen-bond acceptors (Lipinski definition) is 0. The predicted octanol–water partition coefficient (Wildman–Crippen LogP) is 14.0. The fourth-order valence-electron chi connectivity index (χ4n) is 7.70. The van der Waals surface area contributed by atoms with Gasteiger partial charge in [0.05, 0.1) is 0 Å². The Morgan fingerprint density at radius 3 is 1.12 bits per heavy atom. The summed E-state index contributed by atoms with van der Waals surface area (Å²) in [6, 6.07) is 62.2. The molecule has 0 nitrogen and oxygen atoms in total. The van der Waals surface area contributed by atoms with Crippen LogP contribution >= 0.6 is 0 Å². The third-order valence-corrected chi connectivity index (χ3v) is 10.6. The maximum atomic E-state index is 2.42. The molecular weight excluding hydrogens is 613 g/mol. The lowest BCUT2D eigenvalue weighted by molar-refractivity contribution is 0.661. The van der Waals surface area contributed by atoms with Crippen molar-refractivity contribution < 1.29 is 0 Å². The zero-order valence-corrected chi connectivity index (χ0v) is 29.0. The highest BCUT2D eigenvalue weighted by atomic mass is 14.4. The molecule has 0 heteroatoms. The van der Waals surface area contributed by atoms with Crippen LogP contribution in [-0.2, 0) is 5.41 Å². The maximum Gasteiger partial charge on any atom is 0.0159 e. The van der Waals surface area contributed by atoms with Crippen molar-refractivity contribution in [3.63, 3.8) is 0 Å². The lowest BCUT2D eigenvalue weighted by Crippen LogP contribution is -2.15. The van der Waals surface area contributed by atoms with E-state index in [0.717, 1.165) is 0 Å². The molecular formula is C51H38. The van der Waals surface area contributed by atoms with Gasteiger partial charge in [-0.2, -0.15) is 0 Å². The van der Waals surface area contributed by atoms with Crippen molar-refractivity contribution in [1.29, 1.82) is 0 Å². The van der Waals surface area contributed by atoms with Gasteiger partial charge in [-0.15, -0.1) is 0 Å². The van der Waals surface area contributed by atoms with Crippen LogP contribution in [-0.4, -0.2) is 0 Å². The molecule has 0 spiro atoms. The summed E-state index contributed by atoms with van der Waals surface area (Å²) in [5.74, 6) is 0. The van der Waals surface area contributed by atoms with E-state index in [1.165, 1.54) is 88.3 Å². The van der Waals surface area contributed by atoms with Crippen molar-refractivity contribution in [2.45, 2.75) is 19.3 Å². The average molecular weight is 651 g/mol. The summed E-state index contributed by atoms with van der Waals surface area (Å²) in [5, 5.41) is 5.02. The number of benzene rings is 8. The molecule has 0 amide bonds. The minimum atomic E-state index is -0.107. The maximum absolute atomic E-state index is 2.42. The highest BCUT2D eigenvalue weighted by Gasteiger charge is 2.35. The first-order valence-electron chi connectivity index (χ1n) is 17.8. The van der Waals surface area contributed by atoms with Gasteiger partial charge in [0.15, 0.2) is 0 Å². The first-order chi connectivity index (χ1) is 25.0. The molecule has 242 valence electrons. The molecule has 8 aromatic carbocycles. The molecule has 0 bridgehead atoms. The van der Waals surface area contributed by atoms with E-state index in [0.29, 0.717) is 0 Å². The Morgan fingerprint density at radius 1 is 0.314 bits per heavy atom. The van der Waals surface area contributed by atoms with Gasteiger partial charge in [0.2, 0.25) is 0 Å². The zero-order chi connectivity index (χ0) is 34.4. The van der Waals surface area contributed by atoms with Crippen molar-refractivity contribution in [2.75, 3.05) is 0 Å². The van der Waals surface area contributed by atoms with Gasteiger partial charge in [-0.25, -0.2) is 0 Å². The molecule has 1 aliphatic rings. The molecule has 8 aromatic rings. The normalized spacial score (nSPS) is 13.3. The SMILES string of the molecule is CC1(C)c2cc(-c3ccc4cc(/C=C/c5ccccc5)ccc4c3)ccc2-c2ccc(-c3ccc4cc(/C=C/c5ccccc5)ccc4c3)cc21. The minimum absolute atomic E-state index is 0.107. The van der Waals surface area contributed by atoms with Gasteiger partial charge < -0.3 is 0 Å². The Balaban J connectivity index is 0.980. The predicted molar refractivity (Wildman–Crippen MR) is 221 cm³/mol. The summed E-state index contributed by atoms with van der Waals surface area (Å²) in [6.07, 6.45) is 8.73. The van der Waals surface area contributed by atoms with Crippen LogP contribution < -0.4 is 0 Å². The summed E-state index contributed by atoms with van der Waals surface area (Å²) < 4.78 is 0. The summed E-state index contributed by atoms with van der Waals surface area (Å²) in [5.41, 5.74) is 15.2. The Morgan fingerprint density at radius 2 is 0.667 bits per heavy atom. The van der Waals surface area contributed by atoms with E-state index in [-0.39, 0.29) is 5.41 Å². The summed E-state index contributed by atoms with van der Waals surface area (Å²) in [7, 11) is 0. The molecule has 0 N–H and O–H groups in total. The van der Waals surface area contributed by atoms with Crippen LogP contribution in [0, 0.1) is 0 Å². The van der Waals surface area contributed by atoms with Crippen molar-refractivity contribution in [1.82, 2.24) is 0 Å². The Hall–Kier alpha value is -6.24. The molecule has 0 aliphatic heterocycles. The van der Waals surface area contributed by atoms with Crippen LogP contribution in [0.25, 0.3) is 79.2 Å². The van der Waals surface area contributed by atoms with Crippen molar-refractivity contribution in [3.05, 3.63) is 203 Å². The van der Waals surface area contributed by atoms with E-state index in [9.17, 15) is 0 Å². The van der Waals surface area contributed by atoms with Gasteiger partial charge in [0.25, 0.3) is 0 Å². The molecule has 9 rings (SSSR count). The topological polar surface area (TPSA) is 0 Å². The molecule has 0 saturated carbocycles. The molecule has 0 atom stereocenters. The largest absolute Gasteiger partial charge is 0.0622 e. The van der Waals surface area contributed by atoms with Crippen LogP contribution in [0.3, 0.4) is 0 Å². The highest BCUT2D eigenvalue weighted by molar-refractivity contribution is 5.93. The van der Waals surface area contributed by atoms with Crippen molar-refractivity contribution in [2.24, 2.45) is 0 Å². The fraction of sp³-hybridized carbons (Fsp3) is 0.0588. The third-order valence-electron chi connectivity index (χ3n) is 10.6. The first kappa shape index (κ1) is 30.8. The van der Waals surface area contributed by atoms with E-state index >= 15 is 0 Å². The Kier molecular flexibility index (Phi) is 7.59. The molecule has 1 aliphatic carbocycles. The second-order valence-electron chi connectivity index (χ2n) is 14.3. The van der Waals surface area contributed by atoms with E-state index < -0.39 is 0 Å². The van der Waals surface area contributed by atoms with Gasteiger partial charge in [-0.3, -0.25) is 0 Å². The molecule has 0 radical (unpaired) electrons. The Bertz CT molecular complexity index is 2450. The quantitative estimate of drug-likeness (QED) is 0.157. The Labute approximate surface area is 300 Å². The molecule has 0 heterocycles. The second-order valence-corrected chi connectivity index (χ2v) is 14.3. The number of fused-ring (bicyclic) bond motifs is 5. The highest BCUT2D eigenvalue weighted by Crippen LogP contribution is 2.50. The zero-order valence-electron chi connectivity index (χ0n) is 29.0. The molecule has 0 saturated heterocycles. The minimum Gasteiger partial charge on any atom is -0.0622 e. The van der Waals surface area contributed by atoms with Crippen molar-refractivity contribution >= 4 is 45.8 Å². The molecule has 51 heavy (non-hydrogen) atoms. The van der Waals surface area contributed by atoms with E-state index in [1.54, 1.807) is 0 Å². The molecule has 0 aromatic heterocycles. The van der Waals surface area contributed by atoms with Crippen LogP contribution in [0.2, 0.25) is 0 Å². The third kappa shape index (κ3) is 5.90. The summed E-state index contributed by atoms with van der Waals surface area (Å²) in [6.45, 7) is 4.75. The van der Waals surface area contributed by atoms with E-state index in [4.69, 9.17) is 0 Å². The number of hydrogen-bond donors (Lipinski definition) is 0. The smallest absolute Gasteiger partial charge is 0.0159 e. The summed E-state index contributed by atoms with van der Waals surface area (Å²) >= 11 is 0. The fourth-order valence-corrected chi connectivity index (χ4v) is 7.70. The molecule has 0 unspecified atom stereocenters. The van der Waals surface area contributed by atoms with E-state index in [1.807, 2.05) is 0 Å². The standard InChI is InChI=1S/C51H38/c1-51(2)49-33-45(43-23-21-39-29-37(17-19-41(39)31-43)15-13-35-9-5-3-6-10-35)25-27-47(49)48-28-26-46(34-50(48)51)44-24-22-40-30-38(18-20-42(40)32-44)16-14-36-11-7-4-8-12-36/h3-34H,1-2H3/b15-13+,16-14+. The van der Waals surface area contributed by atoms with Crippen LogP contribution in [0.5, 0.6) is 0 Å². The molecule has 0 fully saturated rings. The van der Waals surface area contributed by atoms with Gasteiger partial charge in [-0.05, 0) is 125 Å².